The molecule has 1 aromatic heterocycles. The zero-order valence-electron chi connectivity index (χ0n) is 20.3. The van der Waals surface area contributed by atoms with E-state index in [1.807, 2.05) is 30.0 Å². The highest BCUT2D eigenvalue weighted by molar-refractivity contribution is 6.06. The first-order valence-corrected chi connectivity index (χ1v) is 11.4. The molecule has 35 heavy (non-hydrogen) atoms. The van der Waals surface area contributed by atoms with Gasteiger partial charge in [-0.05, 0) is 50.6 Å². The molecule has 2 aliphatic heterocycles. The fraction of sp³-hybridized carbons (Fsp3) is 0.360. The lowest BCUT2D eigenvalue weighted by atomic mass is 9.89. The van der Waals surface area contributed by atoms with Crippen molar-refractivity contribution in [1.29, 1.82) is 5.26 Å². The van der Waals surface area contributed by atoms with Crippen LogP contribution in [0.1, 0.15) is 19.4 Å². The molecular weight excluding hydrogens is 446 g/mol. The van der Waals surface area contributed by atoms with Crippen molar-refractivity contribution in [2.45, 2.75) is 20.8 Å². The average molecular weight is 476 g/mol. The van der Waals surface area contributed by atoms with Crippen molar-refractivity contribution in [3.63, 3.8) is 0 Å². The van der Waals surface area contributed by atoms with Crippen LogP contribution in [0.3, 0.4) is 0 Å². The van der Waals surface area contributed by atoms with E-state index in [4.69, 9.17) is 4.74 Å². The molecule has 10 heteroatoms. The predicted octanol–water partition coefficient (Wildman–Crippen LogP) is 1.96. The van der Waals surface area contributed by atoms with Crippen LogP contribution < -0.4 is 26.6 Å². The summed E-state index contributed by atoms with van der Waals surface area (Å²) in [5, 5.41) is 16.8. The summed E-state index contributed by atoms with van der Waals surface area (Å²) in [6, 6.07) is 9.60. The van der Waals surface area contributed by atoms with Crippen LogP contribution in [-0.4, -0.2) is 42.0 Å². The number of aromatic nitrogens is 2. The highest BCUT2D eigenvalue weighted by Gasteiger charge is 2.26. The molecule has 0 spiro atoms. The van der Waals surface area contributed by atoms with Gasteiger partial charge >= 0.3 is 0 Å². The van der Waals surface area contributed by atoms with Gasteiger partial charge in [0.05, 0.1) is 41.7 Å². The first-order chi connectivity index (χ1) is 16.7. The van der Waals surface area contributed by atoms with E-state index >= 15 is 0 Å². The van der Waals surface area contributed by atoms with Gasteiger partial charge in [0.2, 0.25) is 0 Å². The zero-order chi connectivity index (χ0) is 25.2. The third-order valence-corrected chi connectivity index (χ3v) is 6.12. The topological polar surface area (TPSA) is 124 Å². The Morgan fingerprint density at radius 2 is 2.00 bits per heavy atom. The van der Waals surface area contributed by atoms with Crippen LogP contribution in [0.2, 0.25) is 0 Å². The minimum Gasteiger partial charge on any atom is -0.378 e. The van der Waals surface area contributed by atoms with E-state index in [1.165, 1.54) is 4.68 Å². The van der Waals surface area contributed by atoms with Gasteiger partial charge < -0.3 is 25.8 Å². The van der Waals surface area contributed by atoms with E-state index < -0.39 is 5.41 Å². The number of aryl methyl sites for hydroxylation is 2. The van der Waals surface area contributed by atoms with E-state index in [-0.39, 0.29) is 11.5 Å². The Morgan fingerprint density at radius 1 is 1.26 bits per heavy atom. The Balaban J connectivity index is 1.62. The standard InChI is InChI=1S/C25H29N7O3/c1-16-5-6-18(28-23(33)17-11-22(29-27-14-17)25(2,3)15-26)12-19(16)20-13-21(24(34)31(4)30-20)32-7-9-35-10-8-32/h5-6,11-14,27,29H,7-10H2,1-4H3,(H,28,33). The number of benzene rings is 1. The summed E-state index contributed by atoms with van der Waals surface area (Å²) in [7, 11) is 1.64. The minimum absolute atomic E-state index is 0.161. The number of amides is 1. The van der Waals surface area contributed by atoms with Crippen LogP contribution in [0.5, 0.6) is 0 Å². The lowest BCUT2D eigenvalue weighted by Gasteiger charge is -2.28. The van der Waals surface area contributed by atoms with E-state index in [0.717, 1.165) is 11.1 Å². The molecule has 10 nitrogen and oxygen atoms in total. The van der Waals surface area contributed by atoms with E-state index in [0.29, 0.717) is 54.6 Å². The van der Waals surface area contributed by atoms with Crippen molar-refractivity contribution < 1.29 is 9.53 Å². The summed E-state index contributed by atoms with van der Waals surface area (Å²) >= 11 is 0. The number of ether oxygens (including phenoxy) is 1. The monoisotopic (exact) mass is 475 g/mol. The molecule has 0 bridgehead atoms. The normalized spacial score (nSPS) is 15.8. The number of rotatable bonds is 5. The number of carbonyl (C=O) groups excluding carboxylic acids is 1. The summed E-state index contributed by atoms with van der Waals surface area (Å²) in [5.74, 6) is -0.317. The third-order valence-electron chi connectivity index (χ3n) is 6.12. The molecule has 182 valence electrons. The van der Waals surface area contributed by atoms with E-state index in [1.54, 1.807) is 39.2 Å². The maximum Gasteiger partial charge on any atom is 0.290 e. The summed E-state index contributed by atoms with van der Waals surface area (Å²) in [6.45, 7) is 7.93. The highest BCUT2D eigenvalue weighted by Crippen LogP contribution is 2.28. The van der Waals surface area contributed by atoms with Gasteiger partial charge in [-0.2, -0.15) is 10.4 Å². The maximum absolute atomic E-state index is 13.0. The largest absolute Gasteiger partial charge is 0.378 e. The minimum atomic E-state index is -0.781. The maximum atomic E-state index is 13.0. The van der Waals surface area contributed by atoms with Gasteiger partial charge in [0.15, 0.2) is 0 Å². The second kappa shape index (κ2) is 9.64. The van der Waals surface area contributed by atoms with Crippen LogP contribution in [0.15, 0.2) is 52.6 Å². The fourth-order valence-corrected chi connectivity index (χ4v) is 3.89. The molecule has 1 aromatic carbocycles. The molecule has 3 heterocycles. The Bertz CT molecular complexity index is 1310. The summed E-state index contributed by atoms with van der Waals surface area (Å²) in [6.07, 6.45) is 3.21. The lowest BCUT2D eigenvalue weighted by molar-refractivity contribution is -0.112. The smallest absolute Gasteiger partial charge is 0.290 e. The third kappa shape index (κ3) is 5.05. The molecule has 0 unspecified atom stereocenters. The number of anilines is 2. The fourth-order valence-electron chi connectivity index (χ4n) is 3.89. The molecule has 3 N–H and O–H groups in total. The molecule has 2 aliphatic rings. The summed E-state index contributed by atoms with van der Waals surface area (Å²) in [4.78, 5) is 27.7. The van der Waals surface area contributed by atoms with Crippen molar-refractivity contribution in [3.05, 3.63) is 63.7 Å². The van der Waals surface area contributed by atoms with Gasteiger partial charge in [0, 0.05) is 37.6 Å². The van der Waals surface area contributed by atoms with Gasteiger partial charge in [0.25, 0.3) is 11.5 Å². The predicted molar refractivity (Wildman–Crippen MR) is 133 cm³/mol. The molecule has 0 radical (unpaired) electrons. The summed E-state index contributed by atoms with van der Waals surface area (Å²) < 4.78 is 6.77. The Morgan fingerprint density at radius 3 is 2.71 bits per heavy atom. The molecule has 0 atom stereocenters. The summed E-state index contributed by atoms with van der Waals surface area (Å²) in [5.41, 5.74) is 9.40. The molecule has 4 rings (SSSR count). The van der Waals surface area contributed by atoms with E-state index in [9.17, 15) is 14.9 Å². The van der Waals surface area contributed by atoms with Crippen LogP contribution in [0.25, 0.3) is 11.3 Å². The quantitative estimate of drug-likeness (QED) is 0.600. The average Bonchev–Trinajstić information content (AvgIpc) is 2.87. The van der Waals surface area contributed by atoms with Crippen molar-refractivity contribution in [3.8, 4) is 17.3 Å². The molecule has 1 fully saturated rings. The van der Waals surface area contributed by atoms with Crippen LogP contribution in [0.4, 0.5) is 11.4 Å². The van der Waals surface area contributed by atoms with Gasteiger partial charge in [-0.1, -0.05) is 6.07 Å². The number of morpholine rings is 1. The number of hydrogen-bond acceptors (Lipinski definition) is 8. The van der Waals surface area contributed by atoms with Crippen molar-refractivity contribution in [2.75, 3.05) is 36.5 Å². The molecule has 1 amide bonds. The second-order valence-corrected chi connectivity index (χ2v) is 9.09. The van der Waals surface area contributed by atoms with Crippen molar-refractivity contribution in [2.24, 2.45) is 12.5 Å². The molecule has 0 saturated carbocycles. The zero-order valence-corrected chi connectivity index (χ0v) is 20.3. The first-order valence-electron chi connectivity index (χ1n) is 11.4. The number of carbonyl (C=O) groups is 1. The Kier molecular flexibility index (Phi) is 6.62. The Hall–Kier alpha value is -4.10. The van der Waals surface area contributed by atoms with Crippen LogP contribution in [-0.2, 0) is 16.6 Å². The van der Waals surface area contributed by atoms with Crippen LogP contribution >= 0.6 is 0 Å². The highest BCUT2D eigenvalue weighted by atomic mass is 16.5. The second-order valence-electron chi connectivity index (χ2n) is 9.09. The van der Waals surface area contributed by atoms with Gasteiger partial charge in [-0.3, -0.25) is 9.59 Å². The van der Waals surface area contributed by atoms with Crippen molar-refractivity contribution >= 4 is 17.3 Å². The van der Waals surface area contributed by atoms with Gasteiger partial charge in [-0.25, -0.2) is 4.68 Å². The first kappa shape index (κ1) is 24.0. The van der Waals surface area contributed by atoms with E-state index in [2.05, 4.69) is 27.3 Å². The molecule has 2 aromatic rings. The molecule has 1 saturated heterocycles. The molecular formula is C25H29N7O3. The number of nitrogens with zero attached hydrogens (tertiary/aromatic N) is 4. The molecule has 0 aliphatic carbocycles. The number of hydrogen-bond donors (Lipinski definition) is 3. The Labute approximate surface area is 203 Å². The number of hydrazine groups is 1. The number of nitriles is 1. The van der Waals surface area contributed by atoms with Gasteiger partial charge in [0.1, 0.15) is 5.69 Å². The van der Waals surface area contributed by atoms with Gasteiger partial charge in [-0.15, -0.1) is 0 Å². The van der Waals surface area contributed by atoms with Crippen LogP contribution in [0, 0.1) is 23.7 Å². The number of allylic oxidation sites excluding steroid dienone is 1. The van der Waals surface area contributed by atoms with Crippen molar-refractivity contribution in [1.82, 2.24) is 20.6 Å². The number of nitrogens with one attached hydrogen (secondary N) is 3. The lowest BCUT2D eigenvalue weighted by Crippen LogP contribution is -2.40. The SMILES string of the molecule is Cc1ccc(NC(=O)C2=CNNC(C(C)(C)C#N)=C2)cc1-c1cc(N2CCOCC2)c(=O)n(C)n1.